The normalized spacial score (nSPS) is 11.5. The van der Waals surface area contributed by atoms with Crippen LogP contribution in [0.25, 0.3) is 11.1 Å². The monoisotopic (exact) mass is 449 g/mol. The second kappa shape index (κ2) is 11.6. The van der Waals surface area contributed by atoms with Gasteiger partial charge in [0.05, 0.1) is 6.61 Å². The minimum atomic E-state index is -1.20. The van der Waals surface area contributed by atoms with Gasteiger partial charge < -0.3 is 15.2 Å². The molecule has 0 saturated heterocycles. The number of benzene rings is 2. The molecular weight excluding hydrogens is 422 g/mol. The minimum absolute atomic E-state index is 0.0132. The van der Waals surface area contributed by atoms with Crippen LogP contribution in [-0.2, 0) is 16.0 Å². The molecule has 8 heteroatoms. The Morgan fingerprint density at radius 3 is 2.36 bits per heavy atom. The molecule has 3 aromatic rings. The van der Waals surface area contributed by atoms with Gasteiger partial charge in [-0.05, 0) is 42.9 Å². The van der Waals surface area contributed by atoms with Crippen molar-refractivity contribution in [3.05, 3.63) is 77.6 Å². The molecule has 1 atom stereocenters. The maximum Gasteiger partial charge on any atom is 0.353 e. The van der Waals surface area contributed by atoms with Crippen molar-refractivity contribution >= 4 is 17.8 Å². The van der Waals surface area contributed by atoms with E-state index in [0.717, 1.165) is 16.7 Å². The van der Waals surface area contributed by atoms with Crippen LogP contribution in [0.5, 0.6) is 0 Å². The Morgan fingerprint density at radius 2 is 1.73 bits per heavy atom. The Labute approximate surface area is 192 Å². The average Bonchev–Trinajstić information content (AvgIpc) is 3.33. The summed E-state index contributed by atoms with van der Waals surface area (Å²) in [6.07, 6.45) is 1.88. The maximum atomic E-state index is 12.6. The highest BCUT2D eigenvalue weighted by atomic mass is 16.5. The van der Waals surface area contributed by atoms with Crippen molar-refractivity contribution < 1.29 is 24.2 Å². The van der Waals surface area contributed by atoms with Crippen LogP contribution in [0.3, 0.4) is 0 Å². The lowest BCUT2D eigenvalue weighted by atomic mass is 9.99. The standard InChI is InChI=1S/C25H27N3O5/c1-2-33-23(29)15-14-20(26-24(30)21-16-22(25(31)32)28-27-21)13-10-17-8-11-19(12-9-17)18-6-4-3-5-7-18/h3-9,11-12,16,20H,2,10,13-15H2,1H3,(H,26,30)(H,27,28)(H,31,32). The molecular formula is C25H27N3O5. The number of aromatic carboxylic acids is 1. The largest absolute Gasteiger partial charge is 0.477 e. The average molecular weight is 450 g/mol. The highest BCUT2D eigenvalue weighted by Crippen LogP contribution is 2.20. The van der Waals surface area contributed by atoms with Crippen LogP contribution in [0, 0.1) is 0 Å². The molecule has 0 bridgehead atoms. The van der Waals surface area contributed by atoms with Gasteiger partial charge in [-0.2, -0.15) is 5.10 Å². The van der Waals surface area contributed by atoms with Gasteiger partial charge >= 0.3 is 11.9 Å². The van der Waals surface area contributed by atoms with E-state index in [0.29, 0.717) is 25.9 Å². The van der Waals surface area contributed by atoms with Gasteiger partial charge in [-0.15, -0.1) is 0 Å². The summed E-state index contributed by atoms with van der Waals surface area (Å²) in [7, 11) is 0. The summed E-state index contributed by atoms with van der Waals surface area (Å²) >= 11 is 0. The SMILES string of the molecule is CCOC(=O)CCC(CCc1ccc(-c2ccccc2)cc1)NC(=O)c1cc(C(=O)O)[nH]n1. The third-order valence-electron chi connectivity index (χ3n) is 5.22. The number of nitrogens with zero attached hydrogens (tertiary/aromatic N) is 1. The van der Waals surface area contributed by atoms with Crippen molar-refractivity contribution in [1.29, 1.82) is 0 Å². The number of esters is 1. The van der Waals surface area contributed by atoms with Crippen molar-refractivity contribution in [2.45, 2.75) is 38.6 Å². The highest BCUT2D eigenvalue weighted by Gasteiger charge is 2.19. The Morgan fingerprint density at radius 1 is 1.03 bits per heavy atom. The lowest BCUT2D eigenvalue weighted by Crippen LogP contribution is -2.36. The molecule has 3 rings (SSSR count). The van der Waals surface area contributed by atoms with Gasteiger partial charge in [0.15, 0.2) is 5.69 Å². The molecule has 2 aromatic carbocycles. The molecule has 1 heterocycles. The minimum Gasteiger partial charge on any atom is -0.477 e. The van der Waals surface area contributed by atoms with Gasteiger partial charge in [0.1, 0.15) is 5.69 Å². The molecule has 172 valence electrons. The molecule has 1 unspecified atom stereocenters. The molecule has 8 nitrogen and oxygen atoms in total. The van der Waals surface area contributed by atoms with Crippen LogP contribution in [0.1, 0.15) is 52.7 Å². The first-order chi connectivity index (χ1) is 16.0. The number of ether oxygens (including phenoxy) is 1. The van der Waals surface area contributed by atoms with E-state index >= 15 is 0 Å². The second-order valence-corrected chi connectivity index (χ2v) is 7.59. The summed E-state index contributed by atoms with van der Waals surface area (Å²) in [4.78, 5) is 35.4. The molecule has 0 fully saturated rings. The summed E-state index contributed by atoms with van der Waals surface area (Å²) < 4.78 is 5.00. The zero-order chi connectivity index (χ0) is 23.6. The van der Waals surface area contributed by atoms with E-state index in [4.69, 9.17) is 9.84 Å². The van der Waals surface area contributed by atoms with Crippen LogP contribution in [-0.4, -0.2) is 45.8 Å². The van der Waals surface area contributed by atoms with Gasteiger partial charge in [0.25, 0.3) is 5.91 Å². The summed E-state index contributed by atoms with van der Waals surface area (Å²) in [5.74, 6) is -2.01. The molecule has 1 amide bonds. The van der Waals surface area contributed by atoms with Crippen LogP contribution in [0.4, 0.5) is 0 Å². The third-order valence-corrected chi connectivity index (χ3v) is 5.22. The molecule has 3 N–H and O–H groups in total. The topological polar surface area (TPSA) is 121 Å². The van der Waals surface area contributed by atoms with E-state index in [-0.39, 0.29) is 29.8 Å². The number of carboxylic acid groups (broad SMARTS) is 1. The van der Waals surface area contributed by atoms with E-state index in [1.807, 2.05) is 18.2 Å². The zero-order valence-electron chi connectivity index (χ0n) is 18.4. The van der Waals surface area contributed by atoms with E-state index in [2.05, 4.69) is 51.9 Å². The lowest BCUT2D eigenvalue weighted by molar-refractivity contribution is -0.143. The van der Waals surface area contributed by atoms with Crippen LogP contribution >= 0.6 is 0 Å². The fraction of sp³-hybridized carbons (Fsp3) is 0.280. The molecule has 0 radical (unpaired) electrons. The van der Waals surface area contributed by atoms with Gasteiger partial charge in [0, 0.05) is 18.5 Å². The van der Waals surface area contributed by atoms with Gasteiger partial charge in [-0.25, -0.2) is 4.79 Å². The third kappa shape index (κ3) is 7.03. The number of amides is 1. The smallest absolute Gasteiger partial charge is 0.353 e. The van der Waals surface area contributed by atoms with Crippen LogP contribution in [0.2, 0.25) is 0 Å². The number of H-pyrrole nitrogens is 1. The first-order valence-corrected chi connectivity index (χ1v) is 10.9. The number of nitrogens with one attached hydrogen (secondary N) is 2. The number of hydrogen-bond acceptors (Lipinski definition) is 5. The second-order valence-electron chi connectivity index (χ2n) is 7.59. The van der Waals surface area contributed by atoms with Crippen molar-refractivity contribution in [3.8, 4) is 11.1 Å². The quantitative estimate of drug-likeness (QED) is 0.382. The van der Waals surface area contributed by atoms with E-state index in [1.165, 1.54) is 6.07 Å². The zero-order valence-corrected chi connectivity index (χ0v) is 18.4. The highest BCUT2D eigenvalue weighted by molar-refractivity contribution is 5.95. The molecule has 0 aliphatic heterocycles. The Hall–Kier alpha value is -3.94. The first-order valence-electron chi connectivity index (χ1n) is 10.9. The fourth-order valence-electron chi connectivity index (χ4n) is 3.46. The summed E-state index contributed by atoms with van der Waals surface area (Å²) in [5.41, 5.74) is 3.20. The van der Waals surface area contributed by atoms with Crippen LogP contribution < -0.4 is 5.32 Å². The lowest BCUT2D eigenvalue weighted by Gasteiger charge is -2.18. The van der Waals surface area contributed by atoms with Crippen molar-refractivity contribution in [1.82, 2.24) is 15.5 Å². The predicted molar refractivity (Wildman–Crippen MR) is 123 cm³/mol. The van der Waals surface area contributed by atoms with Gasteiger partial charge in [-0.1, -0.05) is 54.6 Å². The Balaban J connectivity index is 1.63. The number of aromatic amines is 1. The van der Waals surface area contributed by atoms with E-state index < -0.39 is 11.9 Å². The van der Waals surface area contributed by atoms with Crippen molar-refractivity contribution in [3.63, 3.8) is 0 Å². The maximum absolute atomic E-state index is 12.6. The van der Waals surface area contributed by atoms with E-state index in [9.17, 15) is 14.4 Å². The van der Waals surface area contributed by atoms with Gasteiger partial charge in [-0.3, -0.25) is 14.7 Å². The number of rotatable bonds is 11. The van der Waals surface area contributed by atoms with Crippen molar-refractivity contribution in [2.24, 2.45) is 0 Å². The molecule has 0 aliphatic carbocycles. The number of hydrogen-bond donors (Lipinski definition) is 3. The summed E-state index contributed by atoms with van der Waals surface area (Å²) in [6, 6.07) is 19.2. The predicted octanol–water partition coefficient (Wildman–Crippen LogP) is 3.85. The molecule has 0 aliphatic rings. The molecule has 1 aromatic heterocycles. The summed E-state index contributed by atoms with van der Waals surface area (Å²) in [5, 5.41) is 18.0. The Kier molecular flexibility index (Phi) is 8.35. The molecule has 0 spiro atoms. The molecule has 0 saturated carbocycles. The fourth-order valence-corrected chi connectivity index (χ4v) is 3.46. The van der Waals surface area contributed by atoms with E-state index in [1.54, 1.807) is 6.92 Å². The number of carbonyl (C=O) groups excluding carboxylic acids is 2. The number of aromatic nitrogens is 2. The number of carbonyl (C=O) groups is 3. The van der Waals surface area contributed by atoms with Gasteiger partial charge in [0.2, 0.25) is 0 Å². The summed E-state index contributed by atoms with van der Waals surface area (Å²) in [6.45, 7) is 2.04. The van der Waals surface area contributed by atoms with Crippen LogP contribution in [0.15, 0.2) is 60.7 Å². The molecule has 33 heavy (non-hydrogen) atoms. The Bertz CT molecular complexity index is 1080. The first kappa shape index (κ1) is 23.7. The number of aryl methyl sites for hydroxylation is 1. The number of carboxylic acids is 1. The van der Waals surface area contributed by atoms with Crippen molar-refractivity contribution in [2.75, 3.05) is 6.61 Å².